The smallest absolute Gasteiger partial charge is 0.279 e. The second kappa shape index (κ2) is 9.44. The number of thiazole rings is 1. The number of hydrogen-bond donors (Lipinski definition) is 0. The van der Waals surface area contributed by atoms with Gasteiger partial charge in [0, 0.05) is 24.3 Å². The number of anilines is 1. The molecule has 29 heavy (non-hydrogen) atoms. The van der Waals surface area contributed by atoms with Crippen molar-refractivity contribution in [3.8, 4) is 18.1 Å². The topological polar surface area (TPSA) is 46.8 Å². The van der Waals surface area contributed by atoms with Crippen LogP contribution >= 0.6 is 11.3 Å². The van der Waals surface area contributed by atoms with Gasteiger partial charge in [0.1, 0.15) is 11.3 Å². The van der Waals surface area contributed by atoms with Crippen molar-refractivity contribution < 1.29 is 9.53 Å². The van der Waals surface area contributed by atoms with Gasteiger partial charge in [0.15, 0.2) is 4.80 Å². The van der Waals surface area contributed by atoms with E-state index in [0.717, 1.165) is 34.7 Å². The molecule has 0 spiro atoms. The lowest BCUT2D eigenvalue weighted by atomic mass is 10.2. The minimum absolute atomic E-state index is 0.286. The molecule has 0 fully saturated rings. The van der Waals surface area contributed by atoms with E-state index < -0.39 is 0 Å². The Morgan fingerprint density at radius 1 is 1.17 bits per heavy atom. The number of ether oxygens (including phenoxy) is 1. The highest BCUT2D eigenvalue weighted by Gasteiger charge is 2.13. The molecule has 0 N–H and O–H groups in total. The third kappa shape index (κ3) is 4.36. The summed E-state index contributed by atoms with van der Waals surface area (Å²) >= 11 is 1.43. The van der Waals surface area contributed by atoms with Gasteiger partial charge in [0.05, 0.1) is 17.9 Å². The van der Waals surface area contributed by atoms with E-state index in [4.69, 9.17) is 11.2 Å². The molecule has 0 saturated carbocycles. The molecule has 0 unspecified atom stereocenters. The van der Waals surface area contributed by atoms with Crippen LogP contribution in [0.1, 0.15) is 31.1 Å². The maximum Gasteiger partial charge on any atom is 0.279 e. The van der Waals surface area contributed by atoms with Crippen LogP contribution in [0.5, 0.6) is 5.75 Å². The number of aromatic nitrogens is 1. The first-order chi connectivity index (χ1) is 14.1. The Labute approximate surface area is 175 Å². The van der Waals surface area contributed by atoms with E-state index in [0.29, 0.717) is 23.5 Å². The highest BCUT2D eigenvalue weighted by atomic mass is 32.1. The van der Waals surface area contributed by atoms with Crippen LogP contribution in [0.4, 0.5) is 5.69 Å². The van der Waals surface area contributed by atoms with E-state index in [-0.39, 0.29) is 5.91 Å². The molecule has 0 aliphatic heterocycles. The highest BCUT2D eigenvalue weighted by molar-refractivity contribution is 7.16. The van der Waals surface area contributed by atoms with Crippen molar-refractivity contribution in [3.63, 3.8) is 0 Å². The standard InChI is InChI=1S/C23H25N3O2S/c1-5-16-26-21-19(28-8-4)10-9-11-20(21)29-23(26)24-22(27)17-12-14-18(15-13-17)25(6-2)7-3/h1,9-15H,6-8,16H2,2-4H3. The summed E-state index contributed by atoms with van der Waals surface area (Å²) < 4.78 is 8.60. The lowest BCUT2D eigenvalue weighted by molar-refractivity contribution is 0.0998. The molecular weight excluding hydrogens is 382 g/mol. The average molecular weight is 408 g/mol. The summed E-state index contributed by atoms with van der Waals surface area (Å²) in [5.41, 5.74) is 2.52. The molecule has 5 nitrogen and oxygen atoms in total. The molecule has 6 heteroatoms. The molecule has 0 bridgehead atoms. The number of nitrogens with zero attached hydrogens (tertiary/aromatic N) is 3. The zero-order valence-electron chi connectivity index (χ0n) is 17.0. The number of hydrogen-bond acceptors (Lipinski definition) is 4. The number of terminal acetylenes is 1. The normalized spacial score (nSPS) is 11.4. The van der Waals surface area contributed by atoms with Crippen molar-refractivity contribution in [1.82, 2.24) is 4.57 Å². The maximum atomic E-state index is 12.8. The average Bonchev–Trinajstić information content (AvgIpc) is 3.08. The molecule has 1 heterocycles. The molecule has 150 valence electrons. The third-order valence-electron chi connectivity index (χ3n) is 4.65. The van der Waals surface area contributed by atoms with Crippen LogP contribution in [0, 0.1) is 12.3 Å². The fourth-order valence-corrected chi connectivity index (χ4v) is 4.29. The number of fused-ring (bicyclic) bond motifs is 1. The number of para-hydroxylation sites is 1. The first kappa shape index (κ1) is 20.7. The van der Waals surface area contributed by atoms with E-state index in [1.807, 2.05) is 54.0 Å². The van der Waals surface area contributed by atoms with Gasteiger partial charge in [0.25, 0.3) is 5.91 Å². The van der Waals surface area contributed by atoms with Crippen molar-refractivity contribution in [3.05, 3.63) is 52.8 Å². The van der Waals surface area contributed by atoms with Crippen LogP contribution < -0.4 is 14.4 Å². The molecule has 3 rings (SSSR count). The quantitative estimate of drug-likeness (QED) is 0.548. The van der Waals surface area contributed by atoms with Crippen molar-refractivity contribution >= 4 is 33.1 Å². The molecule has 1 aromatic heterocycles. The predicted molar refractivity (Wildman–Crippen MR) is 120 cm³/mol. The second-order valence-corrected chi connectivity index (χ2v) is 7.36. The second-order valence-electron chi connectivity index (χ2n) is 6.35. The Hall–Kier alpha value is -3.04. The van der Waals surface area contributed by atoms with Gasteiger partial charge in [-0.25, -0.2) is 0 Å². The molecule has 1 amide bonds. The van der Waals surface area contributed by atoms with Crippen molar-refractivity contribution in [1.29, 1.82) is 0 Å². The Bertz CT molecular complexity index is 1100. The van der Waals surface area contributed by atoms with E-state index in [1.165, 1.54) is 11.3 Å². The molecule has 0 saturated heterocycles. The molecule has 0 aliphatic carbocycles. The van der Waals surface area contributed by atoms with Gasteiger partial charge in [0.2, 0.25) is 0 Å². The molecule has 0 radical (unpaired) electrons. The zero-order chi connectivity index (χ0) is 20.8. The monoisotopic (exact) mass is 407 g/mol. The van der Waals surface area contributed by atoms with Gasteiger partial charge in [-0.15, -0.1) is 6.42 Å². The lowest BCUT2D eigenvalue weighted by Gasteiger charge is -2.20. The highest BCUT2D eigenvalue weighted by Crippen LogP contribution is 2.27. The first-order valence-corrected chi connectivity index (χ1v) is 10.6. The first-order valence-electron chi connectivity index (χ1n) is 9.75. The number of amides is 1. The van der Waals surface area contributed by atoms with Crippen LogP contribution in [0.15, 0.2) is 47.5 Å². The van der Waals surface area contributed by atoms with Crippen LogP contribution in [0.3, 0.4) is 0 Å². The largest absolute Gasteiger partial charge is 0.492 e. The zero-order valence-corrected chi connectivity index (χ0v) is 17.8. The summed E-state index contributed by atoms with van der Waals surface area (Å²) in [6.07, 6.45) is 5.58. The molecule has 0 atom stereocenters. The number of carbonyl (C=O) groups excluding carboxylic acids is 1. The fraction of sp³-hybridized carbons (Fsp3) is 0.304. The van der Waals surface area contributed by atoms with Crippen LogP contribution in [0.25, 0.3) is 10.2 Å². The Kier molecular flexibility index (Phi) is 6.73. The van der Waals surface area contributed by atoms with E-state index in [2.05, 4.69) is 29.7 Å². The summed E-state index contributed by atoms with van der Waals surface area (Å²) in [7, 11) is 0. The number of rotatable bonds is 7. The molecular formula is C23H25N3O2S. The third-order valence-corrected chi connectivity index (χ3v) is 5.70. The van der Waals surface area contributed by atoms with E-state index in [9.17, 15) is 4.79 Å². The van der Waals surface area contributed by atoms with Crippen molar-refractivity contribution in [2.45, 2.75) is 27.3 Å². The summed E-state index contributed by atoms with van der Waals surface area (Å²) in [6.45, 7) is 8.87. The van der Waals surface area contributed by atoms with Gasteiger partial charge in [-0.1, -0.05) is 23.3 Å². The van der Waals surface area contributed by atoms with Gasteiger partial charge in [-0.3, -0.25) is 4.79 Å². The Balaban J connectivity index is 2.03. The maximum absolute atomic E-state index is 12.8. The number of benzene rings is 2. The SMILES string of the molecule is C#CCn1c(=NC(=O)c2ccc(N(CC)CC)cc2)sc2cccc(OCC)c21. The van der Waals surface area contributed by atoms with Gasteiger partial charge < -0.3 is 14.2 Å². The van der Waals surface area contributed by atoms with Crippen LogP contribution in [0.2, 0.25) is 0 Å². The van der Waals surface area contributed by atoms with Gasteiger partial charge in [-0.2, -0.15) is 4.99 Å². The summed E-state index contributed by atoms with van der Waals surface area (Å²) in [4.78, 5) is 20.0. The minimum atomic E-state index is -0.286. The Morgan fingerprint density at radius 3 is 2.52 bits per heavy atom. The molecule has 3 aromatic rings. The molecule has 0 aliphatic rings. The number of carbonyl (C=O) groups is 1. The predicted octanol–water partition coefficient (Wildman–Crippen LogP) is 4.32. The van der Waals surface area contributed by atoms with Crippen molar-refractivity contribution in [2.24, 2.45) is 4.99 Å². The summed E-state index contributed by atoms with van der Waals surface area (Å²) in [6, 6.07) is 13.4. The Morgan fingerprint density at radius 2 is 1.90 bits per heavy atom. The fourth-order valence-electron chi connectivity index (χ4n) is 3.25. The van der Waals surface area contributed by atoms with E-state index in [1.54, 1.807) is 0 Å². The van der Waals surface area contributed by atoms with Crippen molar-refractivity contribution in [2.75, 3.05) is 24.6 Å². The van der Waals surface area contributed by atoms with Gasteiger partial charge in [-0.05, 0) is 57.2 Å². The summed E-state index contributed by atoms with van der Waals surface area (Å²) in [5, 5.41) is 0. The molecule has 2 aromatic carbocycles. The van der Waals surface area contributed by atoms with Crippen LogP contribution in [-0.2, 0) is 6.54 Å². The minimum Gasteiger partial charge on any atom is -0.492 e. The lowest BCUT2D eigenvalue weighted by Crippen LogP contribution is -2.21. The summed E-state index contributed by atoms with van der Waals surface area (Å²) in [5.74, 6) is 3.11. The van der Waals surface area contributed by atoms with Crippen LogP contribution in [-0.4, -0.2) is 30.2 Å². The van der Waals surface area contributed by atoms with Gasteiger partial charge >= 0.3 is 0 Å². The van der Waals surface area contributed by atoms with E-state index >= 15 is 0 Å².